The van der Waals surface area contributed by atoms with Gasteiger partial charge in [-0.2, -0.15) is 4.31 Å². The third-order valence-corrected chi connectivity index (χ3v) is 6.59. The van der Waals surface area contributed by atoms with E-state index in [0.717, 1.165) is 32.1 Å². The molecular weight excluding hydrogens is 276 g/mol. The van der Waals surface area contributed by atoms with Crippen molar-refractivity contribution in [1.29, 1.82) is 0 Å². The molecule has 2 fully saturated rings. The molecule has 2 atom stereocenters. The van der Waals surface area contributed by atoms with Crippen molar-refractivity contribution in [3.8, 4) is 0 Å². The number of aromatic amines is 1. The Morgan fingerprint density at radius 3 is 2.75 bits per heavy atom. The summed E-state index contributed by atoms with van der Waals surface area (Å²) in [6.07, 6.45) is 8.11. The van der Waals surface area contributed by atoms with E-state index in [2.05, 4.69) is 4.98 Å². The highest BCUT2D eigenvalue weighted by Crippen LogP contribution is 2.38. The minimum Gasteiger partial charge on any atom is -0.390 e. The molecule has 1 saturated carbocycles. The molecule has 0 bridgehead atoms. The average molecular weight is 298 g/mol. The summed E-state index contributed by atoms with van der Waals surface area (Å²) in [5, 5.41) is 9.07. The number of rotatable bonds is 3. The fourth-order valence-electron chi connectivity index (χ4n) is 3.67. The molecule has 2 N–H and O–H groups in total. The molecule has 0 radical (unpaired) electrons. The van der Waals surface area contributed by atoms with Gasteiger partial charge < -0.3 is 10.1 Å². The van der Waals surface area contributed by atoms with E-state index in [9.17, 15) is 8.42 Å². The minimum atomic E-state index is -3.43. The third kappa shape index (κ3) is 2.40. The number of nitrogens with zero attached hydrogens (tertiary/aromatic N) is 1. The maximum Gasteiger partial charge on any atom is 0.244 e. The van der Waals surface area contributed by atoms with Gasteiger partial charge >= 0.3 is 0 Å². The first-order valence-corrected chi connectivity index (χ1v) is 8.87. The van der Waals surface area contributed by atoms with Crippen LogP contribution in [0.5, 0.6) is 0 Å². The van der Waals surface area contributed by atoms with Crippen molar-refractivity contribution in [2.45, 2.75) is 56.1 Å². The Hall–Kier alpha value is -0.850. The second-order valence-electron chi connectivity index (χ2n) is 5.89. The summed E-state index contributed by atoms with van der Waals surface area (Å²) in [7, 11) is -3.43. The standard InChI is InChI=1S/C14H22N2O3S/c17-10-12-8-13(9-15-12)20(18,19)16-7-3-5-11-4-1-2-6-14(11)16/h8-9,11,14-15,17H,1-7,10H2. The number of hydrogen-bond acceptors (Lipinski definition) is 3. The van der Waals surface area contributed by atoms with E-state index < -0.39 is 10.0 Å². The largest absolute Gasteiger partial charge is 0.390 e. The van der Waals surface area contributed by atoms with Crippen LogP contribution in [0.2, 0.25) is 0 Å². The monoisotopic (exact) mass is 298 g/mol. The maximum atomic E-state index is 12.8. The lowest BCUT2D eigenvalue weighted by Gasteiger charge is -2.42. The minimum absolute atomic E-state index is 0.165. The van der Waals surface area contributed by atoms with Crippen LogP contribution in [0.15, 0.2) is 17.2 Å². The summed E-state index contributed by atoms with van der Waals surface area (Å²) in [4.78, 5) is 3.10. The van der Waals surface area contributed by atoms with E-state index in [0.29, 0.717) is 18.2 Å². The van der Waals surface area contributed by atoms with E-state index in [1.807, 2.05) is 0 Å². The summed E-state index contributed by atoms with van der Waals surface area (Å²) in [5.41, 5.74) is 0.542. The molecule has 1 aromatic heterocycles. The molecule has 2 unspecified atom stereocenters. The smallest absolute Gasteiger partial charge is 0.244 e. The first-order valence-electron chi connectivity index (χ1n) is 7.43. The Bertz CT molecular complexity index is 565. The lowest BCUT2D eigenvalue weighted by molar-refractivity contribution is 0.129. The number of aromatic nitrogens is 1. The molecule has 0 amide bonds. The summed E-state index contributed by atoms with van der Waals surface area (Å²) in [5.74, 6) is 0.531. The van der Waals surface area contributed by atoms with Crippen LogP contribution in [0, 0.1) is 5.92 Å². The van der Waals surface area contributed by atoms with Gasteiger partial charge in [0.05, 0.1) is 11.5 Å². The van der Waals surface area contributed by atoms with Crippen LogP contribution in [-0.2, 0) is 16.6 Å². The zero-order valence-electron chi connectivity index (χ0n) is 11.6. The second-order valence-corrected chi connectivity index (χ2v) is 7.78. The number of fused-ring (bicyclic) bond motifs is 1. The van der Waals surface area contributed by atoms with Gasteiger partial charge in [-0.15, -0.1) is 0 Å². The molecule has 0 aromatic carbocycles. The van der Waals surface area contributed by atoms with Gasteiger partial charge in [-0.1, -0.05) is 12.8 Å². The van der Waals surface area contributed by atoms with Crippen molar-refractivity contribution in [2.75, 3.05) is 6.54 Å². The summed E-state index contributed by atoms with van der Waals surface area (Å²) < 4.78 is 27.3. The SMILES string of the molecule is O=S(=O)(c1c[nH]c(CO)c1)N1CCCC2CCCCC21. The first-order chi connectivity index (χ1) is 9.63. The fourth-order valence-corrected chi connectivity index (χ4v) is 5.45. The van der Waals surface area contributed by atoms with E-state index in [1.165, 1.54) is 12.6 Å². The molecular formula is C14H22N2O3S. The van der Waals surface area contributed by atoms with Crippen molar-refractivity contribution < 1.29 is 13.5 Å². The average Bonchev–Trinajstić information content (AvgIpc) is 2.96. The summed E-state index contributed by atoms with van der Waals surface area (Å²) in [6, 6.07) is 1.72. The van der Waals surface area contributed by atoms with Crippen LogP contribution in [-0.4, -0.2) is 35.4 Å². The second kappa shape index (κ2) is 5.50. The maximum absolute atomic E-state index is 12.8. The Labute approximate surface area is 120 Å². The van der Waals surface area contributed by atoms with E-state index in [1.54, 1.807) is 10.4 Å². The number of piperidine rings is 1. The molecule has 1 saturated heterocycles. The molecule has 2 aliphatic rings. The molecule has 1 aromatic rings. The van der Waals surface area contributed by atoms with Gasteiger partial charge in [-0.05, 0) is 37.7 Å². The topological polar surface area (TPSA) is 73.4 Å². The quantitative estimate of drug-likeness (QED) is 0.894. The number of hydrogen-bond donors (Lipinski definition) is 2. The normalized spacial score (nSPS) is 28.2. The Kier molecular flexibility index (Phi) is 3.88. The van der Waals surface area contributed by atoms with Crippen molar-refractivity contribution in [1.82, 2.24) is 9.29 Å². The molecule has 3 rings (SSSR count). The van der Waals surface area contributed by atoms with Crippen LogP contribution in [0.3, 0.4) is 0 Å². The van der Waals surface area contributed by atoms with Crippen molar-refractivity contribution in [2.24, 2.45) is 5.92 Å². The molecule has 6 heteroatoms. The number of aliphatic hydroxyl groups is 1. The molecule has 2 heterocycles. The predicted octanol–water partition coefficient (Wildman–Crippen LogP) is 1.85. The van der Waals surface area contributed by atoms with Gasteiger partial charge in [0, 0.05) is 24.5 Å². The van der Waals surface area contributed by atoms with Crippen molar-refractivity contribution >= 4 is 10.0 Å². The number of H-pyrrole nitrogens is 1. The lowest BCUT2D eigenvalue weighted by Crippen LogP contribution is -2.49. The zero-order valence-corrected chi connectivity index (χ0v) is 12.4. The number of aliphatic hydroxyl groups excluding tert-OH is 1. The molecule has 20 heavy (non-hydrogen) atoms. The third-order valence-electron chi connectivity index (χ3n) is 4.69. The summed E-state index contributed by atoms with van der Waals surface area (Å²) >= 11 is 0. The summed E-state index contributed by atoms with van der Waals surface area (Å²) in [6.45, 7) is 0.463. The fraction of sp³-hybridized carbons (Fsp3) is 0.714. The van der Waals surface area contributed by atoms with Crippen LogP contribution >= 0.6 is 0 Å². The van der Waals surface area contributed by atoms with Crippen molar-refractivity contribution in [3.63, 3.8) is 0 Å². The first kappa shape index (κ1) is 14.1. The number of nitrogens with one attached hydrogen (secondary N) is 1. The molecule has 1 aliphatic carbocycles. The highest BCUT2D eigenvalue weighted by atomic mass is 32.2. The van der Waals surface area contributed by atoms with E-state index in [-0.39, 0.29) is 17.5 Å². The highest BCUT2D eigenvalue weighted by molar-refractivity contribution is 7.89. The van der Waals surface area contributed by atoms with E-state index >= 15 is 0 Å². The van der Waals surface area contributed by atoms with Gasteiger partial charge in [0.25, 0.3) is 0 Å². The molecule has 112 valence electrons. The van der Waals surface area contributed by atoms with Crippen LogP contribution in [0.25, 0.3) is 0 Å². The number of sulfonamides is 1. The van der Waals surface area contributed by atoms with Gasteiger partial charge in [0.2, 0.25) is 10.0 Å². The zero-order chi connectivity index (χ0) is 14.2. The van der Waals surface area contributed by atoms with Crippen LogP contribution in [0.4, 0.5) is 0 Å². The van der Waals surface area contributed by atoms with Crippen LogP contribution in [0.1, 0.15) is 44.2 Å². The predicted molar refractivity (Wildman–Crippen MR) is 75.6 cm³/mol. The lowest BCUT2D eigenvalue weighted by atomic mass is 9.79. The van der Waals surface area contributed by atoms with Gasteiger partial charge in [-0.25, -0.2) is 8.42 Å². The van der Waals surface area contributed by atoms with Gasteiger partial charge in [-0.3, -0.25) is 0 Å². The van der Waals surface area contributed by atoms with Gasteiger partial charge in [0.15, 0.2) is 0 Å². The molecule has 5 nitrogen and oxygen atoms in total. The Balaban J connectivity index is 1.89. The van der Waals surface area contributed by atoms with Crippen molar-refractivity contribution in [3.05, 3.63) is 18.0 Å². The highest BCUT2D eigenvalue weighted by Gasteiger charge is 2.40. The van der Waals surface area contributed by atoms with E-state index in [4.69, 9.17) is 5.11 Å². The molecule has 1 aliphatic heterocycles. The Morgan fingerprint density at radius 2 is 2.00 bits per heavy atom. The molecule has 0 spiro atoms. The Morgan fingerprint density at radius 1 is 1.25 bits per heavy atom. The van der Waals surface area contributed by atoms with Gasteiger partial charge in [0.1, 0.15) is 0 Å². The van der Waals surface area contributed by atoms with Crippen LogP contribution < -0.4 is 0 Å².